The number of halogens is 3. The second-order valence-corrected chi connectivity index (χ2v) is 5.19. The van der Waals surface area contributed by atoms with E-state index in [-0.39, 0.29) is 17.9 Å². The minimum atomic E-state index is -4.40. The number of rotatable bonds is 3. The van der Waals surface area contributed by atoms with Gasteiger partial charge in [0.1, 0.15) is 0 Å². The van der Waals surface area contributed by atoms with E-state index in [9.17, 15) is 18.0 Å². The number of nitrogens with zero attached hydrogens (tertiary/aromatic N) is 1. The average Bonchev–Trinajstić information content (AvgIpc) is 2.54. The summed E-state index contributed by atoms with van der Waals surface area (Å²) in [5.74, 6) is -0.236. The molecule has 116 valence electrons. The maximum Gasteiger partial charge on any atom is 0.416 e. The van der Waals surface area contributed by atoms with Crippen LogP contribution in [0.1, 0.15) is 15.9 Å². The van der Waals surface area contributed by atoms with E-state index < -0.39 is 11.7 Å². The van der Waals surface area contributed by atoms with E-state index >= 15 is 0 Å². The number of aromatic nitrogens is 1. The van der Waals surface area contributed by atoms with Crippen LogP contribution in [0.4, 0.5) is 13.2 Å². The lowest BCUT2D eigenvalue weighted by molar-refractivity contribution is -0.657. The van der Waals surface area contributed by atoms with Gasteiger partial charge in [-0.05, 0) is 24.3 Å². The van der Waals surface area contributed by atoms with Crippen molar-refractivity contribution in [2.24, 2.45) is 0 Å². The first kappa shape index (κ1) is 15.2. The van der Waals surface area contributed by atoms with E-state index in [2.05, 4.69) is 0 Å². The summed E-state index contributed by atoms with van der Waals surface area (Å²) in [5.41, 5.74) is 0.403. The molecule has 2 aromatic carbocycles. The third kappa shape index (κ3) is 3.23. The molecule has 0 N–H and O–H groups in total. The van der Waals surface area contributed by atoms with Crippen molar-refractivity contribution >= 4 is 16.7 Å². The Morgan fingerprint density at radius 2 is 1.57 bits per heavy atom. The Balaban J connectivity index is 1.86. The van der Waals surface area contributed by atoms with Gasteiger partial charge in [-0.15, -0.1) is 0 Å². The van der Waals surface area contributed by atoms with E-state index in [1.54, 1.807) is 10.8 Å². The Morgan fingerprint density at radius 1 is 0.913 bits per heavy atom. The lowest BCUT2D eigenvalue weighted by atomic mass is 10.1. The zero-order chi connectivity index (χ0) is 16.4. The molecular weight excluding hydrogens is 303 g/mol. The van der Waals surface area contributed by atoms with Crippen LogP contribution in [0.15, 0.2) is 66.9 Å². The SMILES string of the molecule is O=C(C[n+]1cccc2ccccc21)c1ccc(C(F)(F)F)cc1. The topological polar surface area (TPSA) is 20.9 Å². The Hall–Kier alpha value is -2.69. The van der Waals surface area contributed by atoms with Crippen LogP contribution in [0.5, 0.6) is 0 Å². The number of alkyl halides is 3. The highest BCUT2D eigenvalue weighted by molar-refractivity contribution is 5.95. The molecule has 0 radical (unpaired) electrons. The molecule has 2 nitrogen and oxygen atoms in total. The molecule has 0 amide bonds. The molecule has 0 aliphatic heterocycles. The van der Waals surface area contributed by atoms with Crippen LogP contribution in [0, 0.1) is 0 Å². The number of Topliss-reactive ketones (excluding diaryl/α,β-unsaturated/α-hetero) is 1. The Morgan fingerprint density at radius 3 is 2.26 bits per heavy atom. The van der Waals surface area contributed by atoms with Crippen LogP contribution < -0.4 is 4.57 Å². The minimum absolute atomic E-state index is 0.0761. The number of benzene rings is 2. The molecular formula is C18H13F3NO+. The molecule has 0 bridgehead atoms. The minimum Gasteiger partial charge on any atom is -0.287 e. The van der Waals surface area contributed by atoms with Crippen molar-refractivity contribution in [3.63, 3.8) is 0 Å². The van der Waals surface area contributed by atoms with Crippen molar-refractivity contribution in [1.82, 2.24) is 0 Å². The largest absolute Gasteiger partial charge is 0.416 e. The molecule has 1 heterocycles. The summed E-state index contributed by atoms with van der Waals surface area (Å²) in [4.78, 5) is 12.3. The highest BCUT2D eigenvalue weighted by atomic mass is 19.4. The van der Waals surface area contributed by atoms with Crippen LogP contribution in [-0.4, -0.2) is 5.78 Å². The highest BCUT2D eigenvalue weighted by Gasteiger charge is 2.30. The van der Waals surface area contributed by atoms with E-state index in [1.165, 1.54) is 12.1 Å². The molecule has 0 unspecified atom stereocenters. The van der Waals surface area contributed by atoms with Gasteiger partial charge < -0.3 is 0 Å². The van der Waals surface area contributed by atoms with Gasteiger partial charge in [0.2, 0.25) is 17.8 Å². The van der Waals surface area contributed by atoms with Crippen LogP contribution in [-0.2, 0) is 12.7 Å². The third-order valence-electron chi connectivity index (χ3n) is 3.64. The van der Waals surface area contributed by atoms with Gasteiger partial charge in [0, 0.05) is 23.1 Å². The molecule has 0 fully saturated rings. The van der Waals surface area contributed by atoms with Crippen molar-refractivity contribution in [3.8, 4) is 0 Å². The predicted octanol–water partition coefficient (Wildman–Crippen LogP) is 4.03. The fourth-order valence-electron chi connectivity index (χ4n) is 2.45. The number of carbonyl (C=O) groups is 1. The van der Waals surface area contributed by atoms with Crippen LogP contribution >= 0.6 is 0 Å². The number of carbonyl (C=O) groups excluding carboxylic acids is 1. The smallest absolute Gasteiger partial charge is 0.287 e. The Labute approximate surface area is 130 Å². The van der Waals surface area contributed by atoms with Crippen molar-refractivity contribution in [2.45, 2.75) is 12.7 Å². The highest BCUT2D eigenvalue weighted by Crippen LogP contribution is 2.29. The standard InChI is InChI=1S/C18H13F3NO/c19-18(20,21)15-9-7-14(8-10-15)17(23)12-22-11-3-5-13-4-1-2-6-16(13)22/h1-11H,12H2/q+1. The number of fused-ring (bicyclic) bond motifs is 1. The van der Waals surface area contributed by atoms with Gasteiger partial charge in [-0.2, -0.15) is 17.7 Å². The molecule has 3 rings (SSSR count). The fraction of sp³-hybridized carbons (Fsp3) is 0.111. The summed E-state index contributed by atoms with van der Waals surface area (Å²) < 4.78 is 39.4. The Kier molecular flexibility index (Phi) is 3.86. The lowest BCUT2D eigenvalue weighted by Gasteiger charge is -2.06. The number of ketones is 1. The van der Waals surface area contributed by atoms with E-state index in [0.29, 0.717) is 0 Å². The third-order valence-corrected chi connectivity index (χ3v) is 3.64. The molecule has 23 heavy (non-hydrogen) atoms. The normalized spacial score (nSPS) is 11.6. The maximum atomic E-state index is 12.6. The summed E-state index contributed by atoms with van der Waals surface area (Å²) in [7, 11) is 0. The molecule has 5 heteroatoms. The summed E-state index contributed by atoms with van der Waals surface area (Å²) in [6.07, 6.45) is -2.61. The molecule has 1 aromatic heterocycles. The van der Waals surface area contributed by atoms with Gasteiger partial charge in [-0.25, -0.2) is 0 Å². The average molecular weight is 316 g/mol. The molecule has 0 saturated carbocycles. The zero-order valence-corrected chi connectivity index (χ0v) is 12.0. The number of para-hydroxylation sites is 1. The molecule has 0 spiro atoms. The quantitative estimate of drug-likeness (QED) is 0.528. The second kappa shape index (κ2) is 5.83. The molecule has 0 atom stereocenters. The van der Waals surface area contributed by atoms with E-state index in [1.807, 2.05) is 36.4 Å². The first-order valence-corrected chi connectivity index (χ1v) is 7.03. The molecule has 0 aliphatic rings. The zero-order valence-electron chi connectivity index (χ0n) is 12.0. The van der Waals surface area contributed by atoms with E-state index in [0.717, 1.165) is 23.0 Å². The lowest BCUT2D eigenvalue weighted by Crippen LogP contribution is -2.38. The van der Waals surface area contributed by atoms with Crippen LogP contribution in [0.3, 0.4) is 0 Å². The summed E-state index contributed by atoms with van der Waals surface area (Å²) >= 11 is 0. The molecule has 0 saturated heterocycles. The molecule has 3 aromatic rings. The molecule has 0 aliphatic carbocycles. The first-order chi connectivity index (χ1) is 10.9. The van der Waals surface area contributed by atoms with Crippen molar-refractivity contribution < 1.29 is 22.5 Å². The van der Waals surface area contributed by atoms with Gasteiger partial charge in [0.25, 0.3) is 0 Å². The van der Waals surface area contributed by atoms with Gasteiger partial charge in [-0.3, -0.25) is 4.79 Å². The second-order valence-electron chi connectivity index (χ2n) is 5.19. The summed E-state index contributed by atoms with van der Waals surface area (Å²) in [6, 6.07) is 15.7. The van der Waals surface area contributed by atoms with Crippen LogP contribution in [0.25, 0.3) is 10.9 Å². The van der Waals surface area contributed by atoms with Crippen molar-refractivity contribution in [3.05, 3.63) is 78.0 Å². The predicted molar refractivity (Wildman–Crippen MR) is 79.9 cm³/mol. The van der Waals surface area contributed by atoms with Crippen LogP contribution in [0.2, 0.25) is 0 Å². The number of hydrogen-bond donors (Lipinski definition) is 0. The van der Waals surface area contributed by atoms with Gasteiger partial charge in [0.05, 0.1) is 5.56 Å². The van der Waals surface area contributed by atoms with Gasteiger partial charge in [-0.1, -0.05) is 24.3 Å². The fourth-order valence-corrected chi connectivity index (χ4v) is 2.45. The van der Waals surface area contributed by atoms with Crippen molar-refractivity contribution in [1.29, 1.82) is 0 Å². The van der Waals surface area contributed by atoms with Gasteiger partial charge in [0.15, 0.2) is 6.20 Å². The number of hydrogen-bond acceptors (Lipinski definition) is 1. The Bertz CT molecular complexity index is 849. The first-order valence-electron chi connectivity index (χ1n) is 7.03. The number of pyridine rings is 1. The van der Waals surface area contributed by atoms with Gasteiger partial charge >= 0.3 is 6.18 Å². The monoisotopic (exact) mass is 316 g/mol. The maximum absolute atomic E-state index is 12.6. The summed E-state index contributed by atoms with van der Waals surface area (Å²) in [5, 5.41) is 0.996. The van der Waals surface area contributed by atoms with E-state index in [4.69, 9.17) is 0 Å². The summed E-state index contributed by atoms with van der Waals surface area (Å²) in [6.45, 7) is 0.0761. The van der Waals surface area contributed by atoms with Crippen molar-refractivity contribution in [2.75, 3.05) is 0 Å².